The van der Waals surface area contributed by atoms with Gasteiger partial charge in [0, 0.05) is 43.3 Å². The summed E-state index contributed by atoms with van der Waals surface area (Å²) in [6.45, 7) is 5.71. The second-order valence-corrected chi connectivity index (χ2v) is 9.58. The quantitative estimate of drug-likeness (QED) is 0.370. The van der Waals surface area contributed by atoms with E-state index in [1.165, 1.54) is 12.1 Å². The Morgan fingerprint density at radius 3 is 2.46 bits per heavy atom. The van der Waals surface area contributed by atoms with Gasteiger partial charge in [-0.25, -0.2) is 9.37 Å². The van der Waals surface area contributed by atoms with Crippen molar-refractivity contribution in [2.75, 3.05) is 40.0 Å². The predicted octanol–water partition coefficient (Wildman–Crippen LogP) is 4.03. The van der Waals surface area contributed by atoms with Gasteiger partial charge in [-0.1, -0.05) is 24.3 Å². The second kappa shape index (κ2) is 11.8. The minimum Gasteiger partial charge on any atom is -0.497 e. The lowest BCUT2D eigenvalue weighted by atomic mass is 10.0. The van der Waals surface area contributed by atoms with E-state index < -0.39 is 17.5 Å². The maximum absolute atomic E-state index is 13.6. The van der Waals surface area contributed by atoms with E-state index in [0.717, 1.165) is 35.5 Å². The summed E-state index contributed by atoms with van der Waals surface area (Å²) in [4.78, 5) is 33.9. The van der Waals surface area contributed by atoms with Gasteiger partial charge in [0.15, 0.2) is 0 Å². The molecule has 4 aromatic rings. The van der Waals surface area contributed by atoms with Crippen molar-refractivity contribution in [2.45, 2.75) is 19.5 Å². The summed E-state index contributed by atoms with van der Waals surface area (Å²) in [5.74, 6) is -0.0949. The molecule has 2 aromatic carbocycles. The van der Waals surface area contributed by atoms with E-state index in [1.807, 2.05) is 30.3 Å². The lowest BCUT2D eigenvalue weighted by Crippen LogP contribution is -2.40. The van der Waals surface area contributed by atoms with Crippen LogP contribution in [-0.2, 0) is 11.3 Å². The second-order valence-electron chi connectivity index (χ2n) is 9.58. The van der Waals surface area contributed by atoms with Crippen molar-refractivity contribution in [3.05, 3.63) is 94.2 Å². The Labute approximate surface area is 226 Å². The number of nitrogens with one attached hydrogen (secondary N) is 1. The highest BCUT2D eigenvalue weighted by molar-refractivity contribution is 5.97. The van der Waals surface area contributed by atoms with Crippen molar-refractivity contribution in [1.82, 2.24) is 19.8 Å². The van der Waals surface area contributed by atoms with E-state index in [2.05, 4.69) is 15.2 Å². The van der Waals surface area contributed by atoms with Gasteiger partial charge in [0.1, 0.15) is 22.8 Å². The highest BCUT2D eigenvalue weighted by atomic mass is 19.1. The Hall–Kier alpha value is -4.08. The number of rotatable bonds is 8. The maximum Gasteiger partial charge on any atom is 0.265 e. The first-order valence-corrected chi connectivity index (χ1v) is 13.0. The summed E-state index contributed by atoms with van der Waals surface area (Å²) in [6.07, 6.45) is 1.74. The van der Waals surface area contributed by atoms with Crippen LogP contribution in [-0.4, -0.2) is 60.3 Å². The minimum atomic E-state index is -0.492. The fourth-order valence-electron chi connectivity index (χ4n) is 4.75. The molecule has 0 radical (unpaired) electrons. The number of hydrogen-bond donors (Lipinski definition) is 1. The molecular weight excluding hydrogens is 499 g/mol. The van der Waals surface area contributed by atoms with Crippen LogP contribution in [0.4, 0.5) is 4.39 Å². The summed E-state index contributed by atoms with van der Waals surface area (Å²) in [5, 5.41) is 3.58. The Balaban J connectivity index is 1.51. The molecule has 9 heteroatoms. The lowest BCUT2D eigenvalue weighted by molar-refractivity contribution is 0.0364. The molecule has 0 saturated carbocycles. The molecule has 1 amide bonds. The number of hydrogen-bond acceptors (Lipinski definition) is 6. The van der Waals surface area contributed by atoms with Gasteiger partial charge in [-0.2, -0.15) is 0 Å². The number of amides is 1. The lowest BCUT2D eigenvalue weighted by Gasteiger charge is -2.27. The van der Waals surface area contributed by atoms with Crippen molar-refractivity contribution in [2.24, 2.45) is 0 Å². The number of halogens is 1. The van der Waals surface area contributed by atoms with Crippen LogP contribution >= 0.6 is 0 Å². The number of aromatic nitrogens is 2. The third-order valence-corrected chi connectivity index (χ3v) is 7.06. The molecule has 0 spiro atoms. The van der Waals surface area contributed by atoms with E-state index in [-0.39, 0.29) is 11.4 Å². The number of methoxy groups -OCH3 is 1. The summed E-state index contributed by atoms with van der Waals surface area (Å²) >= 11 is 0. The number of nitrogens with zero attached hydrogens (tertiary/aromatic N) is 3. The van der Waals surface area contributed by atoms with Crippen LogP contribution in [0.1, 0.15) is 28.9 Å². The number of fused-ring (bicyclic) bond motifs is 1. The molecule has 0 aliphatic carbocycles. The molecule has 3 heterocycles. The van der Waals surface area contributed by atoms with Gasteiger partial charge in [0.25, 0.3) is 11.5 Å². The minimum absolute atomic E-state index is 0.0344. The molecule has 2 aromatic heterocycles. The monoisotopic (exact) mass is 530 g/mol. The normalized spacial score (nSPS) is 14.7. The van der Waals surface area contributed by atoms with Crippen LogP contribution in [0.2, 0.25) is 0 Å². The third kappa shape index (κ3) is 6.00. The number of benzene rings is 2. The van der Waals surface area contributed by atoms with Crippen molar-refractivity contribution in [3.8, 4) is 16.9 Å². The molecule has 5 rings (SSSR count). The van der Waals surface area contributed by atoms with E-state index in [1.54, 1.807) is 43.0 Å². The topological polar surface area (TPSA) is 85.7 Å². The molecule has 1 N–H and O–H groups in total. The molecular formula is C30H31FN4O4. The van der Waals surface area contributed by atoms with E-state index >= 15 is 0 Å². The first-order chi connectivity index (χ1) is 18.9. The number of carbonyl (C=O) groups is 1. The zero-order valence-electron chi connectivity index (χ0n) is 22.0. The smallest absolute Gasteiger partial charge is 0.265 e. The first-order valence-electron chi connectivity index (χ1n) is 13.0. The van der Waals surface area contributed by atoms with Crippen molar-refractivity contribution in [3.63, 3.8) is 0 Å². The summed E-state index contributed by atoms with van der Waals surface area (Å²) in [6, 6.07) is 16.7. The van der Waals surface area contributed by atoms with Gasteiger partial charge in [0.05, 0.1) is 26.4 Å². The Morgan fingerprint density at radius 1 is 1.05 bits per heavy atom. The number of morpholine rings is 1. The van der Waals surface area contributed by atoms with Gasteiger partial charge in [-0.05, 0) is 54.4 Å². The molecule has 8 nitrogen and oxygen atoms in total. The van der Waals surface area contributed by atoms with E-state index in [4.69, 9.17) is 9.47 Å². The molecule has 1 fully saturated rings. The van der Waals surface area contributed by atoms with Crippen LogP contribution in [0.5, 0.6) is 5.75 Å². The summed E-state index contributed by atoms with van der Waals surface area (Å²) in [7, 11) is 1.62. The molecule has 0 bridgehead atoms. The van der Waals surface area contributed by atoms with Crippen LogP contribution in [0.3, 0.4) is 0 Å². The van der Waals surface area contributed by atoms with E-state index in [0.29, 0.717) is 37.3 Å². The molecule has 1 unspecified atom stereocenters. The zero-order chi connectivity index (χ0) is 27.4. The molecule has 1 aliphatic rings. The fraction of sp³-hybridized carbons (Fsp3) is 0.300. The van der Waals surface area contributed by atoms with Gasteiger partial charge in [0.2, 0.25) is 0 Å². The predicted molar refractivity (Wildman–Crippen MR) is 148 cm³/mol. The van der Waals surface area contributed by atoms with Crippen LogP contribution in [0.25, 0.3) is 22.2 Å². The summed E-state index contributed by atoms with van der Waals surface area (Å²) < 4.78 is 25.7. The fourth-order valence-corrected chi connectivity index (χ4v) is 4.75. The molecule has 39 heavy (non-hydrogen) atoms. The molecule has 1 saturated heterocycles. The van der Waals surface area contributed by atoms with Crippen LogP contribution in [0, 0.1) is 5.82 Å². The van der Waals surface area contributed by atoms with Crippen LogP contribution < -0.4 is 15.6 Å². The third-order valence-electron chi connectivity index (χ3n) is 7.06. The van der Waals surface area contributed by atoms with Crippen molar-refractivity contribution in [1.29, 1.82) is 0 Å². The number of carbonyl (C=O) groups excluding carboxylic acids is 1. The highest BCUT2D eigenvalue weighted by Crippen LogP contribution is 2.25. The Bertz CT molecular complexity index is 1510. The van der Waals surface area contributed by atoms with Gasteiger partial charge >= 0.3 is 0 Å². The maximum atomic E-state index is 13.6. The first kappa shape index (κ1) is 26.5. The van der Waals surface area contributed by atoms with Gasteiger partial charge in [-0.3, -0.25) is 19.1 Å². The zero-order valence-corrected chi connectivity index (χ0v) is 22.0. The molecule has 1 atom stereocenters. The SMILES string of the molecule is COc1ccc(-c2cnc3c(c2)cc(C(=O)NC(C)c2ccc(F)cc2)c(=O)n3CCN2CCOCC2)cc1. The van der Waals surface area contributed by atoms with Crippen molar-refractivity contribution < 1.29 is 18.7 Å². The van der Waals surface area contributed by atoms with Gasteiger partial charge < -0.3 is 14.8 Å². The van der Waals surface area contributed by atoms with E-state index in [9.17, 15) is 14.0 Å². The average molecular weight is 531 g/mol. The largest absolute Gasteiger partial charge is 0.497 e. The number of ether oxygens (including phenoxy) is 2. The summed E-state index contributed by atoms with van der Waals surface area (Å²) in [5.41, 5.74) is 2.69. The van der Waals surface area contributed by atoms with Crippen molar-refractivity contribution >= 4 is 16.9 Å². The number of pyridine rings is 2. The highest BCUT2D eigenvalue weighted by Gasteiger charge is 2.20. The average Bonchev–Trinajstić information content (AvgIpc) is 2.97. The van der Waals surface area contributed by atoms with Crippen LogP contribution in [0.15, 0.2) is 71.7 Å². The van der Waals surface area contributed by atoms with Gasteiger partial charge in [-0.15, -0.1) is 0 Å². The standard InChI is InChI=1S/C30H31FN4O4/c1-20(21-3-7-25(31)8-4-21)33-29(36)27-18-23-17-24(22-5-9-26(38-2)10-6-22)19-32-28(23)35(30(27)37)12-11-34-13-15-39-16-14-34/h3-10,17-20H,11-16H2,1-2H3,(H,33,36). The molecule has 202 valence electrons. The Kier molecular flexibility index (Phi) is 7.99. The molecule has 1 aliphatic heterocycles. The Morgan fingerprint density at radius 2 is 1.77 bits per heavy atom.